The lowest BCUT2D eigenvalue weighted by molar-refractivity contribution is -0.145. The first-order valence-corrected chi connectivity index (χ1v) is 7.57. The SMILES string of the molecule is COCCNC(=O)COC(=O)CSc1nc2ccccc2o1. The highest BCUT2D eigenvalue weighted by molar-refractivity contribution is 7.99. The monoisotopic (exact) mass is 324 g/mol. The number of amides is 1. The number of esters is 1. The van der Waals surface area contributed by atoms with Crippen molar-refractivity contribution in [2.45, 2.75) is 5.22 Å². The summed E-state index contributed by atoms with van der Waals surface area (Å²) in [7, 11) is 1.54. The van der Waals surface area contributed by atoms with E-state index in [0.717, 1.165) is 17.3 Å². The highest BCUT2D eigenvalue weighted by Crippen LogP contribution is 2.22. The van der Waals surface area contributed by atoms with Crippen LogP contribution in [0.5, 0.6) is 0 Å². The van der Waals surface area contributed by atoms with Gasteiger partial charge < -0.3 is 19.2 Å². The third-order valence-corrected chi connectivity index (χ3v) is 3.38. The molecular formula is C14H16N2O5S. The van der Waals surface area contributed by atoms with Crippen molar-refractivity contribution in [2.75, 3.05) is 32.6 Å². The maximum Gasteiger partial charge on any atom is 0.316 e. The molecule has 22 heavy (non-hydrogen) atoms. The van der Waals surface area contributed by atoms with E-state index in [1.165, 1.54) is 7.11 Å². The molecule has 0 spiro atoms. The minimum absolute atomic E-state index is 0.0260. The molecule has 0 aliphatic rings. The standard InChI is InChI=1S/C14H16N2O5S/c1-19-7-6-15-12(17)8-20-13(18)9-22-14-16-10-4-2-3-5-11(10)21-14/h2-5H,6-9H2,1H3,(H,15,17). The third kappa shape index (κ3) is 5.05. The second kappa shape index (κ2) is 8.40. The van der Waals surface area contributed by atoms with E-state index in [2.05, 4.69) is 10.3 Å². The van der Waals surface area contributed by atoms with Crippen LogP contribution in [0.15, 0.2) is 33.9 Å². The third-order valence-electron chi connectivity index (χ3n) is 2.58. The van der Waals surface area contributed by atoms with Crippen LogP contribution in [0.1, 0.15) is 0 Å². The van der Waals surface area contributed by atoms with Crippen molar-refractivity contribution < 1.29 is 23.5 Å². The largest absolute Gasteiger partial charge is 0.455 e. The molecule has 118 valence electrons. The maximum absolute atomic E-state index is 11.5. The van der Waals surface area contributed by atoms with E-state index < -0.39 is 5.97 Å². The number of hydrogen-bond donors (Lipinski definition) is 1. The van der Waals surface area contributed by atoms with Crippen molar-refractivity contribution in [3.05, 3.63) is 24.3 Å². The van der Waals surface area contributed by atoms with E-state index >= 15 is 0 Å². The van der Waals surface area contributed by atoms with Crippen LogP contribution in [0, 0.1) is 0 Å². The number of benzene rings is 1. The van der Waals surface area contributed by atoms with Crippen LogP contribution in [0.3, 0.4) is 0 Å². The van der Waals surface area contributed by atoms with Gasteiger partial charge in [0.05, 0.1) is 6.61 Å². The number of rotatable bonds is 8. The van der Waals surface area contributed by atoms with E-state index in [9.17, 15) is 9.59 Å². The number of aromatic nitrogens is 1. The molecule has 1 amide bonds. The number of carbonyl (C=O) groups is 2. The molecule has 8 heteroatoms. The lowest BCUT2D eigenvalue weighted by Crippen LogP contribution is -2.31. The van der Waals surface area contributed by atoms with Gasteiger partial charge in [0, 0.05) is 13.7 Å². The minimum Gasteiger partial charge on any atom is -0.455 e. The number of nitrogens with one attached hydrogen (secondary N) is 1. The van der Waals surface area contributed by atoms with E-state index in [0.29, 0.717) is 24.0 Å². The molecule has 0 aliphatic carbocycles. The van der Waals surface area contributed by atoms with Crippen LogP contribution >= 0.6 is 11.8 Å². The molecule has 1 aromatic carbocycles. The molecule has 0 saturated carbocycles. The van der Waals surface area contributed by atoms with Gasteiger partial charge in [0.1, 0.15) is 11.3 Å². The van der Waals surface area contributed by atoms with Crippen molar-refractivity contribution >= 4 is 34.7 Å². The molecule has 0 radical (unpaired) electrons. The predicted molar refractivity (Wildman–Crippen MR) is 80.6 cm³/mol. The molecule has 1 heterocycles. The normalized spacial score (nSPS) is 10.6. The average molecular weight is 324 g/mol. The van der Waals surface area contributed by atoms with Gasteiger partial charge in [0.25, 0.3) is 11.1 Å². The van der Waals surface area contributed by atoms with E-state index in [1.807, 2.05) is 18.2 Å². The van der Waals surface area contributed by atoms with Gasteiger partial charge in [-0.3, -0.25) is 9.59 Å². The number of para-hydroxylation sites is 2. The fraction of sp³-hybridized carbons (Fsp3) is 0.357. The Labute approximate surface area is 131 Å². The zero-order chi connectivity index (χ0) is 15.8. The Bertz CT molecular complexity index is 610. The van der Waals surface area contributed by atoms with Crippen LogP contribution < -0.4 is 5.32 Å². The number of carbonyl (C=O) groups excluding carboxylic acids is 2. The summed E-state index contributed by atoms with van der Waals surface area (Å²) in [5, 5.41) is 2.94. The summed E-state index contributed by atoms with van der Waals surface area (Å²) in [6, 6.07) is 7.33. The Morgan fingerprint density at radius 2 is 2.18 bits per heavy atom. The summed E-state index contributed by atoms with van der Waals surface area (Å²) in [5.41, 5.74) is 1.40. The maximum atomic E-state index is 11.5. The van der Waals surface area contributed by atoms with Gasteiger partial charge in [-0.05, 0) is 12.1 Å². The average Bonchev–Trinajstić information content (AvgIpc) is 2.94. The van der Waals surface area contributed by atoms with Gasteiger partial charge in [-0.1, -0.05) is 23.9 Å². The van der Waals surface area contributed by atoms with Gasteiger partial charge in [-0.2, -0.15) is 0 Å². The molecule has 0 unspecified atom stereocenters. The molecule has 1 aromatic heterocycles. The molecular weight excluding hydrogens is 308 g/mol. The fourth-order valence-electron chi connectivity index (χ4n) is 1.56. The Morgan fingerprint density at radius 3 is 2.95 bits per heavy atom. The van der Waals surface area contributed by atoms with Crippen molar-refractivity contribution in [3.8, 4) is 0 Å². The summed E-state index contributed by atoms with van der Waals surface area (Å²) in [5.74, 6) is -0.843. The Kier molecular flexibility index (Phi) is 6.23. The zero-order valence-corrected chi connectivity index (χ0v) is 12.9. The Morgan fingerprint density at radius 1 is 1.36 bits per heavy atom. The second-order valence-electron chi connectivity index (χ2n) is 4.24. The molecule has 0 fully saturated rings. The van der Waals surface area contributed by atoms with Gasteiger partial charge >= 0.3 is 5.97 Å². The smallest absolute Gasteiger partial charge is 0.316 e. The minimum atomic E-state index is -0.505. The summed E-state index contributed by atoms with van der Waals surface area (Å²) >= 11 is 1.12. The molecule has 1 N–H and O–H groups in total. The number of oxazole rings is 1. The first kappa shape index (κ1) is 16.3. The lowest BCUT2D eigenvalue weighted by Gasteiger charge is -2.05. The fourth-order valence-corrected chi connectivity index (χ4v) is 2.20. The summed E-state index contributed by atoms with van der Waals surface area (Å²) in [4.78, 5) is 27.1. The highest BCUT2D eigenvalue weighted by atomic mass is 32.2. The van der Waals surface area contributed by atoms with Crippen LogP contribution in [-0.4, -0.2) is 49.5 Å². The molecule has 7 nitrogen and oxygen atoms in total. The Balaban J connectivity index is 1.70. The van der Waals surface area contributed by atoms with E-state index in [1.54, 1.807) is 6.07 Å². The highest BCUT2D eigenvalue weighted by Gasteiger charge is 2.11. The first-order valence-electron chi connectivity index (χ1n) is 6.58. The van der Waals surface area contributed by atoms with Crippen LogP contribution in [0.25, 0.3) is 11.1 Å². The molecule has 2 rings (SSSR count). The van der Waals surface area contributed by atoms with Crippen molar-refractivity contribution in [3.63, 3.8) is 0 Å². The van der Waals surface area contributed by atoms with Gasteiger partial charge in [-0.25, -0.2) is 4.98 Å². The van der Waals surface area contributed by atoms with Crippen LogP contribution in [0.4, 0.5) is 0 Å². The summed E-state index contributed by atoms with van der Waals surface area (Å²) < 4.78 is 15.1. The zero-order valence-electron chi connectivity index (χ0n) is 12.0. The van der Waals surface area contributed by atoms with E-state index in [-0.39, 0.29) is 18.3 Å². The van der Waals surface area contributed by atoms with Gasteiger partial charge in [-0.15, -0.1) is 0 Å². The molecule has 2 aromatic rings. The lowest BCUT2D eigenvalue weighted by atomic mass is 10.3. The first-order chi connectivity index (χ1) is 10.7. The van der Waals surface area contributed by atoms with Gasteiger partial charge in [0.15, 0.2) is 12.2 Å². The number of fused-ring (bicyclic) bond motifs is 1. The number of hydrogen-bond acceptors (Lipinski definition) is 7. The Hall–Kier alpha value is -2.06. The van der Waals surface area contributed by atoms with Crippen LogP contribution in [-0.2, 0) is 19.1 Å². The topological polar surface area (TPSA) is 90.7 Å². The molecule has 0 saturated heterocycles. The van der Waals surface area contributed by atoms with E-state index in [4.69, 9.17) is 13.9 Å². The number of ether oxygens (including phenoxy) is 2. The second-order valence-corrected chi connectivity index (χ2v) is 5.17. The quantitative estimate of drug-likeness (QED) is 0.443. The number of nitrogens with zero attached hydrogens (tertiary/aromatic N) is 1. The summed E-state index contributed by atoms with van der Waals surface area (Å²) in [6.45, 7) is 0.481. The van der Waals surface area contributed by atoms with Crippen molar-refractivity contribution in [1.29, 1.82) is 0 Å². The number of thioether (sulfide) groups is 1. The molecule has 0 aliphatic heterocycles. The van der Waals surface area contributed by atoms with Crippen molar-refractivity contribution in [2.24, 2.45) is 0 Å². The summed E-state index contributed by atoms with van der Waals surface area (Å²) in [6.07, 6.45) is 0. The van der Waals surface area contributed by atoms with Crippen LogP contribution in [0.2, 0.25) is 0 Å². The van der Waals surface area contributed by atoms with Gasteiger partial charge in [0.2, 0.25) is 0 Å². The predicted octanol–water partition coefficient (Wildman–Crippen LogP) is 1.23. The molecule has 0 bridgehead atoms. The van der Waals surface area contributed by atoms with Crippen molar-refractivity contribution in [1.82, 2.24) is 10.3 Å². The number of methoxy groups -OCH3 is 1. The molecule has 0 atom stereocenters.